The molecule has 0 unspecified atom stereocenters. The number of nitrogens with zero attached hydrogens (tertiary/aromatic N) is 1. The van der Waals surface area contributed by atoms with Crippen LogP contribution < -0.4 is 23.8 Å². The van der Waals surface area contributed by atoms with Gasteiger partial charge >= 0.3 is 10.1 Å². The number of rotatable bonds is 11. The molecule has 0 aliphatic rings. The Hall–Kier alpha value is -3.47. The van der Waals surface area contributed by atoms with Crippen LogP contribution in [0.5, 0.6) is 23.0 Å². The number of carbonyl (C=O) groups is 1. The first-order chi connectivity index (χ1) is 17.7. The molecule has 3 aromatic carbocycles. The second-order valence-corrected chi connectivity index (χ2v) is 9.64. The first-order valence-electron chi connectivity index (χ1n) is 11.0. The summed E-state index contributed by atoms with van der Waals surface area (Å²) in [7, 11) is -2.73. The van der Waals surface area contributed by atoms with Gasteiger partial charge in [-0.2, -0.15) is 13.5 Å². The molecule has 0 heterocycles. The average Bonchev–Trinajstić information content (AvgIpc) is 2.87. The standard InChI is InChI=1S/C25H24Cl2N2O7S/c1-4-34-21-11-6-17(14-22(21)33-3)25(30)29-28-15-16-12-20(27)24(23(13-16)35-5-2)36-37(31,32)19-9-7-18(26)8-10-19/h6-15H,4-5H2,1-3H3,(H,29,30)/b28-15+. The Kier molecular flexibility index (Phi) is 9.62. The van der Waals surface area contributed by atoms with E-state index in [0.717, 1.165) is 0 Å². The van der Waals surface area contributed by atoms with Crippen molar-refractivity contribution in [3.63, 3.8) is 0 Å². The number of hydrazone groups is 1. The van der Waals surface area contributed by atoms with Crippen LogP contribution in [0, 0.1) is 0 Å². The van der Waals surface area contributed by atoms with Crippen molar-refractivity contribution < 1.29 is 31.6 Å². The van der Waals surface area contributed by atoms with E-state index in [1.54, 1.807) is 19.1 Å². The second-order valence-electron chi connectivity index (χ2n) is 7.25. The third-order valence-corrected chi connectivity index (χ3v) is 6.50. The van der Waals surface area contributed by atoms with Crippen LogP contribution in [0.3, 0.4) is 0 Å². The van der Waals surface area contributed by atoms with Gasteiger partial charge in [-0.3, -0.25) is 4.79 Å². The van der Waals surface area contributed by atoms with Crippen LogP contribution in [0.2, 0.25) is 10.0 Å². The Balaban J connectivity index is 1.79. The number of amides is 1. The maximum Gasteiger partial charge on any atom is 0.339 e. The molecule has 3 aromatic rings. The summed E-state index contributed by atoms with van der Waals surface area (Å²) in [5.41, 5.74) is 3.14. The van der Waals surface area contributed by atoms with Crippen molar-refractivity contribution in [3.8, 4) is 23.0 Å². The van der Waals surface area contributed by atoms with Crippen LogP contribution in [-0.2, 0) is 10.1 Å². The van der Waals surface area contributed by atoms with E-state index < -0.39 is 16.0 Å². The van der Waals surface area contributed by atoms with Crippen LogP contribution in [-0.4, -0.2) is 40.9 Å². The normalized spacial score (nSPS) is 11.3. The minimum absolute atomic E-state index is 0.0347. The van der Waals surface area contributed by atoms with Crippen LogP contribution in [0.15, 0.2) is 64.6 Å². The summed E-state index contributed by atoms with van der Waals surface area (Å²) in [6.07, 6.45) is 1.33. The number of hydrogen-bond acceptors (Lipinski definition) is 8. The van der Waals surface area contributed by atoms with E-state index >= 15 is 0 Å². The van der Waals surface area contributed by atoms with E-state index in [9.17, 15) is 13.2 Å². The lowest BCUT2D eigenvalue weighted by Crippen LogP contribution is -2.17. The van der Waals surface area contributed by atoms with Crippen LogP contribution in [0.25, 0.3) is 0 Å². The van der Waals surface area contributed by atoms with Crippen molar-refractivity contribution in [2.75, 3.05) is 20.3 Å². The van der Waals surface area contributed by atoms with Gasteiger partial charge in [-0.15, -0.1) is 0 Å². The first kappa shape index (κ1) is 28.1. The van der Waals surface area contributed by atoms with Crippen molar-refractivity contribution >= 4 is 45.4 Å². The predicted octanol–water partition coefficient (Wildman–Crippen LogP) is 5.33. The van der Waals surface area contributed by atoms with E-state index in [-0.39, 0.29) is 28.0 Å². The number of benzene rings is 3. The molecule has 37 heavy (non-hydrogen) atoms. The molecule has 9 nitrogen and oxygen atoms in total. The molecule has 0 atom stereocenters. The van der Waals surface area contributed by atoms with E-state index in [1.165, 1.54) is 55.8 Å². The Morgan fingerprint density at radius 1 is 0.946 bits per heavy atom. The van der Waals surface area contributed by atoms with Gasteiger partial charge < -0.3 is 18.4 Å². The van der Waals surface area contributed by atoms with Crippen LogP contribution in [0.4, 0.5) is 0 Å². The minimum atomic E-state index is -4.21. The summed E-state index contributed by atoms with van der Waals surface area (Å²) < 4.78 is 47.0. The summed E-state index contributed by atoms with van der Waals surface area (Å²) in [5.74, 6) is 0.347. The highest BCUT2D eigenvalue weighted by Gasteiger charge is 2.22. The van der Waals surface area contributed by atoms with Gasteiger partial charge in [-0.25, -0.2) is 5.43 Å². The van der Waals surface area contributed by atoms with Gasteiger partial charge in [0.1, 0.15) is 4.90 Å². The van der Waals surface area contributed by atoms with E-state index in [0.29, 0.717) is 34.3 Å². The molecule has 3 rings (SSSR count). The Morgan fingerprint density at radius 2 is 1.62 bits per heavy atom. The maximum atomic E-state index is 12.7. The van der Waals surface area contributed by atoms with E-state index in [4.69, 9.17) is 41.6 Å². The number of methoxy groups -OCH3 is 1. The first-order valence-corrected chi connectivity index (χ1v) is 13.2. The third-order valence-electron chi connectivity index (χ3n) is 4.73. The highest BCUT2D eigenvalue weighted by molar-refractivity contribution is 7.87. The topological polar surface area (TPSA) is 113 Å². The van der Waals surface area contributed by atoms with E-state index in [2.05, 4.69) is 10.5 Å². The molecule has 0 saturated carbocycles. The number of carbonyl (C=O) groups excluding carboxylic acids is 1. The third kappa shape index (κ3) is 7.28. The molecule has 0 aromatic heterocycles. The minimum Gasteiger partial charge on any atom is -0.493 e. The monoisotopic (exact) mass is 566 g/mol. The second kappa shape index (κ2) is 12.7. The van der Waals surface area contributed by atoms with Gasteiger partial charge in [-0.05, 0) is 74.0 Å². The smallest absolute Gasteiger partial charge is 0.339 e. The maximum absolute atomic E-state index is 12.7. The van der Waals surface area contributed by atoms with Gasteiger partial charge in [0.2, 0.25) is 5.75 Å². The molecule has 1 N–H and O–H groups in total. The molecular formula is C25H24Cl2N2O7S. The SMILES string of the molecule is CCOc1ccc(C(=O)N/N=C/c2cc(Cl)c(OS(=O)(=O)c3ccc(Cl)cc3)c(OCC)c2)cc1OC. The molecule has 0 aliphatic heterocycles. The van der Waals surface area contributed by atoms with Gasteiger partial charge in [0, 0.05) is 10.6 Å². The highest BCUT2D eigenvalue weighted by atomic mass is 35.5. The summed E-state index contributed by atoms with van der Waals surface area (Å²) in [6.45, 7) is 4.23. The van der Waals surface area contributed by atoms with Crippen molar-refractivity contribution in [3.05, 3.63) is 75.8 Å². The zero-order valence-electron chi connectivity index (χ0n) is 20.2. The van der Waals surface area contributed by atoms with Gasteiger partial charge in [0.15, 0.2) is 17.2 Å². The Labute approximate surface area is 225 Å². The quantitative estimate of drug-likeness (QED) is 0.189. The molecule has 12 heteroatoms. The average molecular weight is 567 g/mol. The Bertz CT molecular complexity index is 1390. The van der Waals surface area contributed by atoms with Crippen molar-refractivity contribution in [2.24, 2.45) is 5.10 Å². The predicted molar refractivity (Wildman–Crippen MR) is 141 cm³/mol. The number of hydrogen-bond donors (Lipinski definition) is 1. The Morgan fingerprint density at radius 3 is 2.27 bits per heavy atom. The fourth-order valence-electron chi connectivity index (χ4n) is 3.08. The zero-order chi connectivity index (χ0) is 27.0. The van der Waals surface area contributed by atoms with E-state index in [1.807, 2.05) is 6.92 Å². The molecule has 0 fully saturated rings. The lowest BCUT2D eigenvalue weighted by atomic mass is 10.2. The highest BCUT2D eigenvalue weighted by Crippen LogP contribution is 2.38. The molecular weight excluding hydrogens is 543 g/mol. The summed E-state index contributed by atoms with van der Waals surface area (Å²) in [5, 5.41) is 4.30. The van der Waals surface area contributed by atoms with Gasteiger partial charge in [-0.1, -0.05) is 23.2 Å². The largest absolute Gasteiger partial charge is 0.493 e. The molecule has 0 radical (unpaired) electrons. The molecule has 0 bridgehead atoms. The molecule has 1 amide bonds. The number of ether oxygens (including phenoxy) is 3. The zero-order valence-corrected chi connectivity index (χ0v) is 22.5. The van der Waals surface area contributed by atoms with Crippen molar-refractivity contribution in [2.45, 2.75) is 18.7 Å². The van der Waals surface area contributed by atoms with Gasteiger partial charge in [0.05, 0.1) is 31.6 Å². The lowest BCUT2D eigenvalue weighted by Gasteiger charge is -2.14. The molecule has 0 spiro atoms. The van der Waals surface area contributed by atoms with Crippen molar-refractivity contribution in [1.82, 2.24) is 5.43 Å². The van der Waals surface area contributed by atoms with Crippen molar-refractivity contribution in [1.29, 1.82) is 0 Å². The fourth-order valence-corrected chi connectivity index (χ4v) is 4.47. The van der Waals surface area contributed by atoms with Gasteiger partial charge in [0.25, 0.3) is 5.91 Å². The van der Waals surface area contributed by atoms with Crippen LogP contribution >= 0.6 is 23.2 Å². The summed E-state index contributed by atoms with van der Waals surface area (Å²) in [4.78, 5) is 12.4. The lowest BCUT2D eigenvalue weighted by molar-refractivity contribution is 0.0954. The summed E-state index contributed by atoms with van der Waals surface area (Å²) >= 11 is 12.2. The molecule has 0 aliphatic carbocycles. The number of halogens is 2. The molecule has 196 valence electrons. The van der Waals surface area contributed by atoms with Crippen LogP contribution in [0.1, 0.15) is 29.8 Å². The number of nitrogens with one attached hydrogen (secondary N) is 1. The summed E-state index contributed by atoms with van der Waals surface area (Å²) in [6, 6.07) is 13.1. The fraction of sp³-hybridized carbons (Fsp3) is 0.200. The molecule has 0 saturated heterocycles.